The Morgan fingerprint density at radius 2 is 1.00 bits per heavy atom. The first-order valence-electron chi connectivity index (χ1n) is 14.3. The van der Waals surface area contributed by atoms with E-state index in [-0.39, 0.29) is 10.8 Å². The van der Waals surface area contributed by atoms with Gasteiger partial charge < -0.3 is 0 Å². The number of rotatable bonds is 8. The average Bonchev–Trinajstić information content (AvgIpc) is 3.55. The number of hydrogen-bond acceptors (Lipinski definition) is 2. The van der Waals surface area contributed by atoms with Crippen molar-refractivity contribution in [2.45, 2.75) is 113 Å². The monoisotopic (exact) mass is 694 g/mol. The molecule has 0 unspecified atom stereocenters. The van der Waals surface area contributed by atoms with Crippen molar-refractivity contribution in [3.05, 3.63) is 56.5 Å². The van der Waals surface area contributed by atoms with E-state index in [1.807, 2.05) is 0 Å². The summed E-state index contributed by atoms with van der Waals surface area (Å²) in [5, 5.41) is 0. The summed E-state index contributed by atoms with van der Waals surface area (Å²) in [4.78, 5) is 0. The van der Waals surface area contributed by atoms with Crippen LogP contribution in [0.2, 0.25) is 9.50 Å². The van der Waals surface area contributed by atoms with Gasteiger partial charge in [-0.2, -0.15) is 0 Å². The summed E-state index contributed by atoms with van der Waals surface area (Å²) in [6, 6.07) is 13.3. The molecule has 2 aromatic carbocycles. The molecule has 0 aromatic heterocycles. The summed E-state index contributed by atoms with van der Waals surface area (Å²) in [6.07, 6.45) is 11.0. The van der Waals surface area contributed by atoms with Crippen LogP contribution in [0.1, 0.15) is 104 Å². The number of hydrogen-bond donors (Lipinski definition) is 0. The first-order valence-corrected chi connectivity index (χ1v) is 21.2. The first kappa shape index (κ1) is 29.5. The summed E-state index contributed by atoms with van der Waals surface area (Å²) < 4.78 is 17.5. The van der Waals surface area contributed by atoms with Crippen molar-refractivity contribution in [1.82, 2.24) is 0 Å². The van der Waals surface area contributed by atoms with Crippen LogP contribution in [0.4, 0.5) is 0 Å². The van der Waals surface area contributed by atoms with Crippen molar-refractivity contribution in [1.29, 1.82) is 0 Å². The molecule has 0 N–H and O–H groups in total. The summed E-state index contributed by atoms with van der Waals surface area (Å²) in [6.45, 7) is 13.6. The van der Waals surface area contributed by atoms with Gasteiger partial charge in [-0.25, -0.2) is 0 Å². The molecule has 0 saturated heterocycles. The molecule has 2 aromatic rings. The molecule has 204 valence electrons. The van der Waals surface area contributed by atoms with Gasteiger partial charge in [0.1, 0.15) is 0 Å². The van der Waals surface area contributed by atoms with E-state index >= 15 is 0 Å². The van der Waals surface area contributed by atoms with E-state index in [2.05, 4.69) is 110 Å². The second-order valence-electron chi connectivity index (χ2n) is 13.6. The van der Waals surface area contributed by atoms with Gasteiger partial charge in [-0.05, 0) is 0 Å². The van der Waals surface area contributed by atoms with Crippen LogP contribution in [0.25, 0.3) is 0 Å². The van der Waals surface area contributed by atoms with Crippen molar-refractivity contribution < 1.29 is 9.47 Å². The zero-order valence-corrected chi connectivity index (χ0v) is 29.0. The Bertz CT molecular complexity index is 972. The van der Waals surface area contributed by atoms with Gasteiger partial charge in [0.05, 0.1) is 0 Å². The zero-order valence-electron chi connectivity index (χ0n) is 23.8. The van der Waals surface area contributed by atoms with Gasteiger partial charge in [0.25, 0.3) is 0 Å². The molecule has 0 spiro atoms. The van der Waals surface area contributed by atoms with E-state index in [1.165, 1.54) is 62.5 Å². The minimum atomic E-state index is -2.61. The molecule has 4 rings (SSSR count). The third kappa shape index (κ3) is 7.01. The van der Waals surface area contributed by atoms with Gasteiger partial charge in [0, 0.05) is 0 Å². The Kier molecular flexibility index (Phi) is 9.55. The third-order valence-corrected chi connectivity index (χ3v) is 22.3. The van der Waals surface area contributed by atoms with E-state index in [4.69, 9.17) is 9.47 Å². The van der Waals surface area contributed by atoms with E-state index in [1.54, 1.807) is 0 Å². The second-order valence-corrected chi connectivity index (χ2v) is 25.1. The average molecular weight is 695 g/mol. The molecular weight excluding hydrogens is 649 g/mol. The second kappa shape index (κ2) is 12.0. The van der Waals surface area contributed by atoms with Crippen LogP contribution in [0.15, 0.2) is 45.3 Å². The van der Waals surface area contributed by atoms with Gasteiger partial charge in [-0.1, -0.05) is 0 Å². The van der Waals surface area contributed by atoms with Crippen molar-refractivity contribution in [3.8, 4) is 11.5 Å². The molecule has 0 amide bonds. The van der Waals surface area contributed by atoms with E-state index in [0.717, 1.165) is 40.8 Å². The van der Waals surface area contributed by atoms with Crippen molar-refractivity contribution in [2.75, 3.05) is 10.9 Å². The van der Waals surface area contributed by atoms with Gasteiger partial charge >= 0.3 is 247 Å². The van der Waals surface area contributed by atoms with Crippen LogP contribution in [0.5, 0.6) is 11.5 Å². The van der Waals surface area contributed by atoms with Crippen LogP contribution < -0.4 is 9.47 Å². The summed E-state index contributed by atoms with van der Waals surface area (Å²) in [7, 11) is 0. The van der Waals surface area contributed by atoms with Crippen LogP contribution in [0.3, 0.4) is 0 Å². The van der Waals surface area contributed by atoms with Crippen LogP contribution in [-0.4, -0.2) is 24.1 Å². The standard InChI is InChI=1S/C32H46Br2GeO2/c1-31(2,3)23-15-17-29(27(33)19-23)36-21-35(25-11-7-8-12-25,26-13-9-10-14-26)22-37-30-18-16-24(20-28(30)34)32(4,5)6/h15-20,25-26H,7-14,21-22H2,1-6H3. The van der Waals surface area contributed by atoms with Crippen molar-refractivity contribution in [3.63, 3.8) is 0 Å². The molecule has 0 radical (unpaired) electrons. The fourth-order valence-corrected chi connectivity index (χ4v) is 19.3. The molecule has 0 bridgehead atoms. The SMILES string of the molecule is CC(C)(C)c1ccc(O[CH2][Ge]([CH2]Oc2ccc(C(C)(C)C)cc2Br)([CH]2CCCC2)[CH]2CCCC2)c(Br)c1. The summed E-state index contributed by atoms with van der Waals surface area (Å²) in [5.74, 6) is 1.99. The fourth-order valence-electron chi connectivity index (χ4n) is 6.44. The van der Waals surface area contributed by atoms with E-state index in [9.17, 15) is 0 Å². The zero-order chi connectivity index (χ0) is 26.8. The van der Waals surface area contributed by atoms with Crippen LogP contribution in [-0.2, 0) is 10.8 Å². The predicted molar refractivity (Wildman–Crippen MR) is 167 cm³/mol. The number of halogens is 2. The van der Waals surface area contributed by atoms with Crippen molar-refractivity contribution >= 4 is 45.1 Å². The molecule has 2 fully saturated rings. The topological polar surface area (TPSA) is 18.5 Å². The minimum absolute atomic E-state index is 0.125. The number of ether oxygens (including phenoxy) is 2. The maximum absolute atomic E-state index is 6.82. The molecule has 0 atom stereocenters. The van der Waals surface area contributed by atoms with Crippen LogP contribution >= 0.6 is 31.9 Å². The molecule has 5 heteroatoms. The molecule has 37 heavy (non-hydrogen) atoms. The number of benzene rings is 2. The Labute approximate surface area is 245 Å². The third-order valence-electron chi connectivity index (χ3n) is 8.93. The Morgan fingerprint density at radius 3 is 1.30 bits per heavy atom. The van der Waals surface area contributed by atoms with Gasteiger partial charge in [-0.3, -0.25) is 0 Å². The Hall–Kier alpha value is -0.457. The first-order chi connectivity index (χ1) is 17.4. The Morgan fingerprint density at radius 1 is 0.649 bits per heavy atom. The van der Waals surface area contributed by atoms with E-state index in [0.29, 0.717) is 0 Å². The summed E-state index contributed by atoms with van der Waals surface area (Å²) in [5.41, 5.74) is 4.72. The molecule has 2 nitrogen and oxygen atoms in total. The quantitative estimate of drug-likeness (QED) is 0.256. The molecule has 0 aliphatic heterocycles. The Balaban J connectivity index is 1.61. The molecule has 0 heterocycles. The molecule has 2 aliphatic carbocycles. The summed E-state index contributed by atoms with van der Waals surface area (Å²) >= 11 is 5.07. The van der Waals surface area contributed by atoms with Gasteiger partial charge in [-0.15, -0.1) is 0 Å². The van der Waals surface area contributed by atoms with Crippen LogP contribution in [0, 0.1) is 0 Å². The fraction of sp³-hybridized carbons (Fsp3) is 0.625. The van der Waals surface area contributed by atoms with Crippen molar-refractivity contribution in [2.24, 2.45) is 0 Å². The molecular formula is C32H46Br2GeO2. The van der Waals surface area contributed by atoms with Gasteiger partial charge in [0.2, 0.25) is 0 Å². The van der Waals surface area contributed by atoms with Gasteiger partial charge in [0.15, 0.2) is 0 Å². The van der Waals surface area contributed by atoms with E-state index < -0.39 is 13.3 Å². The normalized spacial score (nSPS) is 17.9. The molecule has 2 saturated carbocycles. The molecule has 2 aliphatic rings. The maximum atomic E-state index is 6.82. The predicted octanol–water partition coefficient (Wildman–Crippen LogP) is 10.7.